The molecule has 0 radical (unpaired) electrons. The summed E-state index contributed by atoms with van der Waals surface area (Å²) < 4.78 is 34.0. The van der Waals surface area contributed by atoms with E-state index >= 15 is 0 Å². The number of aryl methyl sites for hydroxylation is 2. The molecule has 0 saturated heterocycles. The molecule has 0 aromatic carbocycles. The molecule has 20 atom stereocenters. The van der Waals surface area contributed by atoms with E-state index in [1.165, 1.54) is 33.9 Å². The van der Waals surface area contributed by atoms with Crippen molar-refractivity contribution in [1.82, 2.24) is 40.6 Å². The number of hydrogen-bond donors (Lipinski definition) is 30. The van der Waals surface area contributed by atoms with Gasteiger partial charge >= 0.3 is 0 Å². The molecule has 0 fully saturated rings. The number of aromatic nitrogens is 6. The van der Waals surface area contributed by atoms with Crippen molar-refractivity contribution in [2.24, 2.45) is 0 Å². The molecule has 2 heterocycles. The number of rotatable bonds is 47. The van der Waals surface area contributed by atoms with E-state index in [2.05, 4.69) is 31.3 Å². The van der Waals surface area contributed by atoms with Gasteiger partial charge in [-0.15, -0.1) is 10.2 Å². The molecule has 0 bridgehead atoms. The number of nitrogens with zero attached hydrogens (tertiary/aromatic N) is 6. The van der Waals surface area contributed by atoms with Crippen molar-refractivity contribution in [3.05, 3.63) is 117 Å². The summed E-state index contributed by atoms with van der Waals surface area (Å²) in [6, 6.07) is -3.87. The quantitative estimate of drug-likeness (QED) is 0.0127. The zero-order chi connectivity index (χ0) is 76.2. The molecule has 0 spiro atoms. The van der Waals surface area contributed by atoms with Gasteiger partial charge in [-0.3, -0.25) is 9.36 Å². The molecule has 4 rings (SSSR count). The van der Waals surface area contributed by atoms with Gasteiger partial charge in [-0.1, -0.05) is 36.4 Å². The average molecular weight is 1480 g/mol. The second-order valence-electron chi connectivity index (χ2n) is 23.3. The molecule has 2 aromatic heterocycles. The van der Waals surface area contributed by atoms with E-state index in [-0.39, 0.29) is 48.5 Å². The molecular weight excluding hydrogens is 1380 g/mol. The fourth-order valence-corrected chi connectivity index (χ4v) is 9.98. The second-order valence-corrected chi connectivity index (χ2v) is 23.3. The molecule has 42 nitrogen and oxygen atoms in total. The molecule has 0 unspecified atom stereocenters. The van der Waals surface area contributed by atoms with Crippen LogP contribution >= 0.6 is 0 Å². The Kier molecular flexibility index (Phi) is 37.3. The molecule has 2 aliphatic carbocycles. The van der Waals surface area contributed by atoms with Crippen molar-refractivity contribution >= 4 is 0 Å². The first-order chi connectivity index (χ1) is 48.3. The van der Waals surface area contributed by atoms with E-state index in [1.807, 2.05) is 0 Å². The summed E-state index contributed by atoms with van der Waals surface area (Å²) >= 11 is 0. The minimum atomic E-state index is -2.60. The summed E-state index contributed by atoms with van der Waals surface area (Å²) in [4.78, 5) is 0. The van der Waals surface area contributed by atoms with E-state index < -0.39 is 259 Å². The zero-order valence-corrected chi connectivity index (χ0v) is 55.4. The van der Waals surface area contributed by atoms with Crippen LogP contribution in [0, 0.1) is 0 Å². The van der Waals surface area contributed by atoms with Crippen molar-refractivity contribution in [3.8, 4) is 0 Å². The third-order valence-electron chi connectivity index (χ3n) is 15.9. The van der Waals surface area contributed by atoms with Gasteiger partial charge in [0.15, 0.2) is 46.1 Å². The van der Waals surface area contributed by atoms with Crippen molar-refractivity contribution in [1.29, 1.82) is 0 Å². The van der Waals surface area contributed by atoms with Crippen LogP contribution in [0.5, 0.6) is 0 Å². The zero-order valence-electron chi connectivity index (χ0n) is 55.4. The fraction of sp³-hybridized carbons (Fsp3) is 0.667. The van der Waals surface area contributed by atoms with Gasteiger partial charge in [0, 0.05) is 77.3 Å². The van der Waals surface area contributed by atoms with Gasteiger partial charge in [0.2, 0.25) is 37.7 Å². The van der Waals surface area contributed by atoms with Crippen molar-refractivity contribution in [3.63, 3.8) is 0 Å². The van der Waals surface area contributed by atoms with E-state index in [1.54, 1.807) is 13.8 Å². The molecule has 0 amide bonds. The lowest BCUT2D eigenvalue weighted by Crippen LogP contribution is -2.55. The van der Waals surface area contributed by atoms with Crippen molar-refractivity contribution < 1.29 is 171 Å². The highest BCUT2D eigenvalue weighted by Gasteiger charge is 2.40. The molecule has 582 valence electrons. The number of ether oxygens (including phenoxy) is 6. The minimum absolute atomic E-state index is 0.000959. The lowest BCUT2D eigenvalue weighted by molar-refractivity contribution is -0.151. The first kappa shape index (κ1) is 87.6. The normalized spacial score (nSPS) is 24.7. The van der Waals surface area contributed by atoms with Crippen molar-refractivity contribution in [2.75, 3.05) is 39.6 Å². The van der Waals surface area contributed by atoms with Gasteiger partial charge in [-0.2, -0.15) is 0 Å². The number of unbranched alkanes of at least 4 members (excludes halogenated alkanes) is 1. The van der Waals surface area contributed by atoms with Gasteiger partial charge in [0.25, 0.3) is 0 Å². The Labute approximate surface area is 581 Å². The summed E-state index contributed by atoms with van der Waals surface area (Å²) in [6.45, 7) is -1.73. The Bertz CT molecular complexity index is 2910. The molecular formula is C60H98N8O34. The number of aliphatic hydroxyl groups is 28. The molecule has 0 saturated carbocycles. The summed E-state index contributed by atoms with van der Waals surface area (Å²) in [5.74, 6) is -12.3. The van der Waals surface area contributed by atoms with Crippen LogP contribution < -0.4 is 10.6 Å². The Morgan fingerprint density at radius 2 is 0.725 bits per heavy atom. The molecule has 2 aromatic rings. The third kappa shape index (κ3) is 25.5. The maximum absolute atomic E-state index is 10.8. The summed E-state index contributed by atoms with van der Waals surface area (Å²) in [7, 11) is 0. The van der Waals surface area contributed by atoms with Gasteiger partial charge in [0.05, 0.1) is 50.9 Å². The van der Waals surface area contributed by atoms with Crippen LogP contribution in [0.2, 0.25) is 0 Å². The Morgan fingerprint density at radius 3 is 1.01 bits per heavy atom. The smallest absolute Gasteiger partial charge is 0.218 e. The highest BCUT2D eigenvalue weighted by atomic mass is 16.7. The Balaban J connectivity index is 1.27. The van der Waals surface area contributed by atoms with E-state index in [4.69, 9.17) is 28.4 Å². The SMILES string of the molecule is CC[C@@H](/C=C(\O)[C@@H](O)O[C@@H](CCO)/C(O)=C(\O)[C@@H](O)O[C@@H](CCO)/C(O)=C(\O)[C@H](O)OCc1cn(CCCCn2cc(CO[C@H](O)/C(O)=C(/O)[C@@H](CCO)O[C@@H](O)/C(O)=C(\O)[C@@H](CCO)O[C@@H](O)/C(O)=C\[C@@H](CC)N[C@H]3C=C(CO)[C@@H](O)[C@H](O)[C@@H]3O)nn2)nn1)N[C@@H]1C=C(CO)[C@H](O)[C@@H](O)[C@@H]1O. The predicted molar refractivity (Wildman–Crippen MR) is 340 cm³/mol. The monoisotopic (exact) mass is 1470 g/mol. The predicted octanol–water partition coefficient (Wildman–Crippen LogP) is -5.94. The van der Waals surface area contributed by atoms with Gasteiger partial charge < -0.3 is 182 Å². The van der Waals surface area contributed by atoms with E-state index in [0.29, 0.717) is 12.8 Å². The number of hydrogen-bond acceptors (Lipinski definition) is 40. The van der Waals surface area contributed by atoms with Crippen LogP contribution in [-0.2, 0) is 54.7 Å². The topological polar surface area (TPSA) is 707 Å². The van der Waals surface area contributed by atoms with Crippen LogP contribution in [0.1, 0.15) is 76.6 Å². The minimum Gasteiger partial charge on any atom is -0.507 e. The lowest BCUT2D eigenvalue weighted by atomic mass is 9.88. The second kappa shape index (κ2) is 43.4. The summed E-state index contributed by atoms with van der Waals surface area (Å²) in [5.41, 5.74) is 0.220. The Hall–Kier alpha value is -6.84. The van der Waals surface area contributed by atoms with Gasteiger partial charge in [-0.05, 0) is 49.0 Å². The van der Waals surface area contributed by atoms with E-state index in [9.17, 15) is 143 Å². The van der Waals surface area contributed by atoms with Crippen molar-refractivity contribution in [2.45, 2.75) is 214 Å². The first-order valence-corrected chi connectivity index (χ1v) is 32.0. The standard InChI is InChI=1S/C60H98N8O34/c1-3-29(61-33-17-27(23-73)41(77)49(85)43(33)79)19-35(75)55(91)99-37(7-13-69)47(83)53(89)59(95)101-39(9-15-71)45(81)51(87)57(93)97-25-31-21-67(65-63-31)11-5-6-12-68-22-32(64-66-68)26-98-58(94)52(88)46(82)40(10-16-72)102-60(96)54(90)48(84)38(8-14-70)100-56(92)36(76)20-30(4-2)62-34-18-28(24-74)42(78)50(86)44(34)80/h17-22,29-30,33-34,37-44,49-50,55-62,69-96H,3-16,23-26H2,1-2H3/b35-19-,36-20+,51-45+,52-46-,53-47+,54-48+/t29-,30+,33+,34-,37-,38+,39-,40+,41-,42+,43+,44+,49+,50-,55-,56+,57+,58-,59-,60+/m0/s1. The maximum atomic E-state index is 10.8. The molecule has 30 N–H and O–H groups in total. The number of aliphatic hydroxyl groups excluding tert-OH is 28. The van der Waals surface area contributed by atoms with Gasteiger partial charge in [-0.25, -0.2) is 0 Å². The molecule has 2 aliphatic rings. The number of nitrogens with one attached hydrogen (secondary N) is 2. The Morgan fingerprint density at radius 1 is 0.431 bits per heavy atom. The highest BCUT2D eigenvalue weighted by molar-refractivity contribution is 5.24. The average Bonchev–Trinajstić information content (AvgIpc) is 0.873. The maximum Gasteiger partial charge on any atom is 0.218 e. The lowest BCUT2D eigenvalue weighted by Gasteiger charge is -2.36. The van der Waals surface area contributed by atoms with Crippen LogP contribution in [0.15, 0.2) is 105 Å². The van der Waals surface area contributed by atoms with Crippen LogP contribution in [-0.4, -0.2) is 336 Å². The third-order valence-corrected chi connectivity index (χ3v) is 15.9. The largest absolute Gasteiger partial charge is 0.507 e. The van der Waals surface area contributed by atoms with Gasteiger partial charge in [0.1, 0.15) is 83.9 Å². The molecule has 102 heavy (non-hydrogen) atoms. The van der Waals surface area contributed by atoms with Crippen LogP contribution in [0.4, 0.5) is 0 Å². The van der Waals surface area contributed by atoms with Crippen LogP contribution in [0.25, 0.3) is 0 Å². The molecule has 0 aliphatic heterocycles. The molecule has 42 heteroatoms. The summed E-state index contributed by atoms with van der Waals surface area (Å²) in [5, 5.41) is 312. The van der Waals surface area contributed by atoms with E-state index in [0.717, 1.165) is 12.2 Å². The summed E-state index contributed by atoms with van der Waals surface area (Å²) in [6.07, 6.45) is -25.4. The highest BCUT2D eigenvalue weighted by Crippen LogP contribution is 2.28. The van der Waals surface area contributed by atoms with Crippen LogP contribution in [0.3, 0.4) is 0 Å². The first-order valence-electron chi connectivity index (χ1n) is 32.0. The fourth-order valence-electron chi connectivity index (χ4n) is 9.98.